The third kappa shape index (κ3) is 4.70. The molecule has 0 saturated carbocycles. The van der Waals surface area contributed by atoms with Crippen molar-refractivity contribution in [2.75, 3.05) is 25.0 Å². The number of carbonyl (C=O) groups excluding carboxylic acids is 1. The molecule has 1 aliphatic rings. The lowest BCUT2D eigenvalue weighted by Gasteiger charge is -2.26. The highest BCUT2D eigenvalue weighted by Gasteiger charge is 2.25. The van der Waals surface area contributed by atoms with E-state index in [1.165, 1.54) is 0 Å². The summed E-state index contributed by atoms with van der Waals surface area (Å²) in [5, 5.41) is 3.24. The summed E-state index contributed by atoms with van der Waals surface area (Å²) in [5.74, 6) is -0.0154. The highest BCUT2D eigenvalue weighted by atomic mass is 16.5. The van der Waals surface area contributed by atoms with E-state index < -0.39 is 0 Å². The minimum Gasteiger partial charge on any atom is -0.381 e. The number of ether oxygens (including phenoxy) is 1. The predicted molar refractivity (Wildman–Crippen MR) is 103 cm³/mol. The molecule has 1 aromatic heterocycles. The van der Waals surface area contributed by atoms with Crippen molar-refractivity contribution in [3.05, 3.63) is 72.6 Å². The average molecular weight is 351 g/mol. The van der Waals surface area contributed by atoms with Crippen LogP contribution in [0, 0.1) is 0 Å². The van der Waals surface area contributed by atoms with Crippen LogP contribution in [0.25, 0.3) is 0 Å². The van der Waals surface area contributed by atoms with Gasteiger partial charge in [0.2, 0.25) is 0 Å². The zero-order chi connectivity index (χ0) is 18.2. The maximum absolute atomic E-state index is 13.3. The molecular formula is C21H25N3O2. The maximum Gasteiger partial charge on any atom is 0.256 e. The molecule has 0 aliphatic carbocycles. The maximum atomic E-state index is 13.3. The normalized spacial score (nSPS) is 16.2. The first-order valence-electron chi connectivity index (χ1n) is 9.02. The first kappa shape index (κ1) is 18.1. The summed E-state index contributed by atoms with van der Waals surface area (Å²) in [4.78, 5) is 19.5. The molecule has 1 saturated heterocycles. The van der Waals surface area contributed by atoms with Gasteiger partial charge in [-0.1, -0.05) is 24.3 Å². The van der Waals surface area contributed by atoms with Gasteiger partial charge < -0.3 is 15.0 Å². The van der Waals surface area contributed by atoms with Gasteiger partial charge in [0.05, 0.1) is 23.9 Å². The largest absolute Gasteiger partial charge is 0.381 e. The van der Waals surface area contributed by atoms with Crippen LogP contribution in [0.1, 0.15) is 28.9 Å². The topological polar surface area (TPSA) is 54.5 Å². The number of amides is 1. The Bertz CT molecular complexity index is 727. The highest BCUT2D eigenvalue weighted by molar-refractivity contribution is 5.99. The lowest BCUT2D eigenvalue weighted by molar-refractivity contribution is 0.0505. The van der Waals surface area contributed by atoms with Crippen LogP contribution in [-0.2, 0) is 11.3 Å². The molecule has 0 bridgehead atoms. The molecule has 0 radical (unpaired) electrons. The Hall–Kier alpha value is -2.66. The van der Waals surface area contributed by atoms with E-state index in [1.807, 2.05) is 47.4 Å². The second-order valence-corrected chi connectivity index (χ2v) is 6.36. The van der Waals surface area contributed by atoms with Gasteiger partial charge in [-0.05, 0) is 37.1 Å². The fourth-order valence-electron chi connectivity index (χ4n) is 3.12. The molecule has 26 heavy (non-hydrogen) atoms. The molecule has 1 unspecified atom stereocenters. The number of pyridine rings is 1. The van der Waals surface area contributed by atoms with E-state index in [2.05, 4.69) is 16.9 Å². The second-order valence-electron chi connectivity index (χ2n) is 6.36. The van der Waals surface area contributed by atoms with Crippen molar-refractivity contribution in [2.24, 2.45) is 0 Å². The van der Waals surface area contributed by atoms with Crippen molar-refractivity contribution in [1.29, 1.82) is 0 Å². The Balaban J connectivity index is 1.82. The van der Waals surface area contributed by atoms with Crippen molar-refractivity contribution in [3.8, 4) is 0 Å². The Kier molecular flexibility index (Phi) is 6.39. The van der Waals surface area contributed by atoms with Crippen LogP contribution in [0.15, 0.2) is 61.3 Å². The van der Waals surface area contributed by atoms with E-state index >= 15 is 0 Å². The zero-order valence-corrected chi connectivity index (χ0v) is 14.9. The highest BCUT2D eigenvalue weighted by Crippen LogP contribution is 2.21. The molecule has 1 fully saturated rings. The number of nitrogens with one attached hydrogen (secondary N) is 1. The Morgan fingerprint density at radius 1 is 1.31 bits per heavy atom. The van der Waals surface area contributed by atoms with Crippen LogP contribution in [0.4, 0.5) is 5.69 Å². The van der Waals surface area contributed by atoms with Crippen molar-refractivity contribution in [1.82, 2.24) is 9.88 Å². The lowest BCUT2D eigenvalue weighted by atomic mass is 10.1. The molecule has 5 heteroatoms. The smallest absolute Gasteiger partial charge is 0.256 e. The molecule has 2 aromatic rings. The summed E-state index contributed by atoms with van der Waals surface area (Å²) >= 11 is 0. The third-order valence-corrected chi connectivity index (χ3v) is 4.41. The van der Waals surface area contributed by atoms with Crippen molar-refractivity contribution >= 4 is 11.6 Å². The Morgan fingerprint density at radius 3 is 2.88 bits per heavy atom. The van der Waals surface area contributed by atoms with Crippen molar-refractivity contribution in [3.63, 3.8) is 0 Å². The summed E-state index contributed by atoms with van der Waals surface area (Å²) in [6.45, 7) is 6.15. The molecule has 5 nitrogen and oxygen atoms in total. The van der Waals surface area contributed by atoms with Gasteiger partial charge in [-0.2, -0.15) is 0 Å². The summed E-state index contributed by atoms with van der Waals surface area (Å²) in [6.07, 6.45) is 5.66. The van der Waals surface area contributed by atoms with Crippen LogP contribution < -0.4 is 5.32 Å². The number of hydrogen-bond acceptors (Lipinski definition) is 4. The van der Waals surface area contributed by atoms with Crippen LogP contribution in [0.2, 0.25) is 0 Å². The number of anilines is 1. The number of rotatable bonds is 8. The minimum absolute atomic E-state index is 0.0154. The Labute approximate surface area is 154 Å². The van der Waals surface area contributed by atoms with Gasteiger partial charge in [-0.3, -0.25) is 9.78 Å². The molecule has 1 amide bonds. The monoisotopic (exact) mass is 351 g/mol. The van der Waals surface area contributed by atoms with E-state index in [0.717, 1.165) is 30.8 Å². The van der Waals surface area contributed by atoms with Gasteiger partial charge in [0, 0.05) is 31.6 Å². The van der Waals surface area contributed by atoms with E-state index in [0.29, 0.717) is 25.2 Å². The van der Waals surface area contributed by atoms with E-state index in [-0.39, 0.29) is 12.0 Å². The van der Waals surface area contributed by atoms with E-state index in [1.54, 1.807) is 12.3 Å². The molecule has 3 rings (SSSR count). The van der Waals surface area contributed by atoms with Crippen LogP contribution in [0.3, 0.4) is 0 Å². The molecule has 0 spiro atoms. The number of aromatic nitrogens is 1. The fraction of sp³-hybridized carbons (Fsp3) is 0.333. The third-order valence-electron chi connectivity index (χ3n) is 4.41. The standard InChI is InChI=1S/C21H25N3O2/c1-2-12-23-20-11-4-3-10-19(20)21(25)24(16-18-9-7-14-26-18)15-17-8-5-6-13-22-17/h2-6,8,10-11,13,18,23H,1,7,9,12,14-16H2. The first-order valence-corrected chi connectivity index (χ1v) is 9.02. The Morgan fingerprint density at radius 2 is 2.15 bits per heavy atom. The average Bonchev–Trinajstić information content (AvgIpc) is 3.19. The van der Waals surface area contributed by atoms with Gasteiger partial charge >= 0.3 is 0 Å². The summed E-state index contributed by atoms with van der Waals surface area (Å²) in [7, 11) is 0. The van der Waals surface area contributed by atoms with Crippen LogP contribution >= 0.6 is 0 Å². The molecule has 1 N–H and O–H groups in total. The number of carbonyl (C=O) groups is 1. The van der Waals surface area contributed by atoms with Crippen molar-refractivity contribution in [2.45, 2.75) is 25.5 Å². The number of benzene rings is 1. The van der Waals surface area contributed by atoms with Crippen LogP contribution in [-0.4, -0.2) is 41.6 Å². The van der Waals surface area contributed by atoms with Gasteiger partial charge in [0.15, 0.2) is 0 Å². The molecular weight excluding hydrogens is 326 g/mol. The summed E-state index contributed by atoms with van der Waals surface area (Å²) in [6, 6.07) is 13.3. The minimum atomic E-state index is -0.0154. The number of nitrogens with zero attached hydrogens (tertiary/aromatic N) is 2. The number of hydrogen-bond donors (Lipinski definition) is 1. The van der Waals surface area contributed by atoms with Gasteiger partial charge in [-0.15, -0.1) is 6.58 Å². The molecule has 1 aromatic carbocycles. The molecule has 2 heterocycles. The quantitative estimate of drug-likeness (QED) is 0.740. The van der Waals surface area contributed by atoms with Crippen LogP contribution in [0.5, 0.6) is 0 Å². The fourth-order valence-corrected chi connectivity index (χ4v) is 3.12. The number of para-hydroxylation sites is 1. The predicted octanol–water partition coefficient (Wildman–Crippen LogP) is 3.50. The van der Waals surface area contributed by atoms with E-state index in [9.17, 15) is 4.79 Å². The van der Waals surface area contributed by atoms with Gasteiger partial charge in [0.1, 0.15) is 0 Å². The molecule has 1 atom stereocenters. The summed E-state index contributed by atoms with van der Waals surface area (Å²) in [5.41, 5.74) is 2.34. The molecule has 136 valence electrons. The summed E-state index contributed by atoms with van der Waals surface area (Å²) < 4.78 is 5.76. The van der Waals surface area contributed by atoms with Crippen molar-refractivity contribution < 1.29 is 9.53 Å². The van der Waals surface area contributed by atoms with E-state index in [4.69, 9.17) is 4.74 Å². The SMILES string of the molecule is C=CCNc1ccccc1C(=O)N(Cc1ccccn1)CC1CCCO1. The first-order chi connectivity index (χ1) is 12.8. The second kappa shape index (κ2) is 9.15. The lowest BCUT2D eigenvalue weighted by Crippen LogP contribution is -2.37. The van der Waals surface area contributed by atoms with Gasteiger partial charge in [0.25, 0.3) is 5.91 Å². The zero-order valence-electron chi connectivity index (χ0n) is 14.9. The van der Waals surface area contributed by atoms with Gasteiger partial charge in [-0.25, -0.2) is 0 Å². The molecule has 1 aliphatic heterocycles.